The van der Waals surface area contributed by atoms with Crippen LogP contribution in [-0.4, -0.2) is 7.38 Å². The Morgan fingerprint density at radius 3 is 1.85 bits per heavy atom. The first kappa shape index (κ1) is 24.1. The van der Waals surface area contributed by atoms with Crippen LogP contribution in [0.3, 0.4) is 0 Å². The Labute approximate surface area is 213 Å². The van der Waals surface area contributed by atoms with Gasteiger partial charge in [-0.3, -0.25) is 0 Å². The van der Waals surface area contributed by atoms with Gasteiger partial charge < -0.3 is 0 Å². The van der Waals surface area contributed by atoms with E-state index in [1.807, 2.05) is 0 Å². The van der Waals surface area contributed by atoms with Crippen LogP contribution >= 0.6 is 11.1 Å². The Morgan fingerprint density at radius 1 is 0.735 bits per heavy atom. The van der Waals surface area contributed by atoms with E-state index < -0.39 is 7.38 Å². The molecule has 4 aliphatic carbocycles. The van der Waals surface area contributed by atoms with Crippen LogP contribution in [0, 0.1) is 10.8 Å². The van der Waals surface area contributed by atoms with Crippen LogP contribution in [0.5, 0.6) is 0 Å². The number of hydrogen-bond donors (Lipinski definition) is 0. The first-order chi connectivity index (χ1) is 15.7. The highest BCUT2D eigenvalue weighted by atomic mass is 35.6. The fourth-order valence-electron chi connectivity index (χ4n) is 7.17. The van der Waals surface area contributed by atoms with E-state index in [-0.39, 0.29) is 0 Å². The zero-order valence-electron chi connectivity index (χ0n) is 22.5. The van der Waals surface area contributed by atoms with Crippen molar-refractivity contribution in [3.63, 3.8) is 0 Å². The maximum atomic E-state index is 6.77. The molecule has 0 amide bonds. The molecular weight excluding hydrogens is 448 g/mol. The zero-order chi connectivity index (χ0) is 24.6. The molecule has 6 rings (SSSR count). The van der Waals surface area contributed by atoms with E-state index in [1.165, 1.54) is 54.4 Å². The molecule has 0 radical (unpaired) electrons. The van der Waals surface area contributed by atoms with Crippen molar-refractivity contribution in [2.24, 2.45) is 10.8 Å². The summed E-state index contributed by atoms with van der Waals surface area (Å²) in [5.41, 5.74) is 16.9. The summed E-state index contributed by atoms with van der Waals surface area (Å²) in [5.74, 6) is 0. The van der Waals surface area contributed by atoms with Crippen LogP contribution in [0.15, 0.2) is 35.4 Å². The first-order valence-electron chi connectivity index (χ1n) is 13.1. The highest BCUT2D eigenvalue weighted by Gasteiger charge is 2.40. The van der Waals surface area contributed by atoms with E-state index in [9.17, 15) is 0 Å². The van der Waals surface area contributed by atoms with Gasteiger partial charge in [-0.05, 0) is 101 Å². The minimum atomic E-state index is -1.70. The molecule has 2 aromatic carbocycles. The van der Waals surface area contributed by atoms with Crippen molar-refractivity contribution < 1.29 is 0 Å². The van der Waals surface area contributed by atoms with E-state index in [4.69, 9.17) is 11.1 Å². The number of allylic oxidation sites excluding steroid dienone is 2. The molecule has 1 unspecified atom stereocenters. The minimum Gasteiger partial charge on any atom is -0.167 e. The Kier molecular flexibility index (Phi) is 5.66. The Hall–Kier alpha value is -1.57. The smallest absolute Gasteiger partial charge is 0.161 e. The highest BCUT2D eigenvalue weighted by molar-refractivity contribution is 7.20. The van der Waals surface area contributed by atoms with Crippen LogP contribution in [-0.2, 0) is 32.1 Å². The van der Waals surface area contributed by atoms with Crippen molar-refractivity contribution in [1.82, 2.24) is 0 Å². The fourth-order valence-corrected chi connectivity index (χ4v) is 10.2. The molecule has 34 heavy (non-hydrogen) atoms. The third-order valence-corrected chi connectivity index (χ3v) is 11.2. The summed E-state index contributed by atoms with van der Waals surface area (Å²) in [6.07, 6.45) is 10.9. The molecule has 0 aromatic heterocycles. The highest BCUT2D eigenvalue weighted by Crippen LogP contribution is 2.48. The lowest BCUT2D eigenvalue weighted by Gasteiger charge is -2.25. The molecule has 0 spiro atoms. The SMILES string of the molecule is CC1=Cc2c(ccc3c2CC(C)(C)C3)C1.CC1=Cc2c(ccc3c2CC(C)(C)C3)C1[Si](C)(C)Cl. The molecule has 180 valence electrons. The van der Waals surface area contributed by atoms with Gasteiger partial charge in [0.1, 0.15) is 0 Å². The predicted molar refractivity (Wildman–Crippen MR) is 152 cm³/mol. The van der Waals surface area contributed by atoms with Crippen molar-refractivity contribution in [1.29, 1.82) is 0 Å². The fraction of sp³-hybridized carbons (Fsp3) is 0.500. The van der Waals surface area contributed by atoms with Crippen LogP contribution in [0.4, 0.5) is 0 Å². The largest absolute Gasteiger partial charge is 0.167 e. The zero-order valence-corrected chi connectivity index (χ0v) is 24.2. The van der Waals surface area contributed by atoms with Gasteiger partial charge in [0.25, 0.3) is 0 Å². The van der Waals surface area contributed by atoms with Crippen molar-refractivity contribution >= 4 is 30.6 Å². The van der Waals surface area contributed by atoms with E-state index in [0.29, 0.717) is 16.4 Å². The summed E-state index contributed by atoms with van der Waals surface area (Å²) in [6.45, 7) is 18.5. The summed E-state index contributed by atoms with van der Waals surface area (Å²) < 4.78 is 0. The molecule has 0 nitrogen and oxygen atoms in total. The maximum Gasteiger partial charge on any atom is 0.161 e. The Morgan fingerprint density at radius 2 is 1.26 bits per heavy atom. The van der Waals surface area contributed by atoms with Crippen molar-refractivity contribution in [3.8, 4) is 0 Å². The molecule has 0 N–H and O–H groups in total. The van der Waals surface area contributed by atoms with Gasteiger partial charge in [0.15, 0.2) is 7.38 Å². The van der Waals surface area contributed by atoms with Crippen LogP contribution in [0.25, 0.3) is 12.2 Å². The van der Waals surface area contributed by atoms with E-state index in [0.717, 1.165) is 0 Å². The molecule has 0 saturated heterocycles. The van der Waals surface area contributed by atoms with Gasteiger partial charge in [-0.2, -0.15) is 11.1 Å². The van der Waals surface area contributed by atoms with Gasteiger partial charge in [0.2, 0.25) is 0 Å². The lowest BCUT2D eigenvalue weighted by atomic mass is 9.90. The van der Waals surface area contributed by atoms with E-state index in [1.54, 1.807) is 33.4 Å². The molecule has 0 heterocycles. The van der Waals surface area contributed by atoms with Gasteiger partial charge in [0, 0.05) is 5.54 Å². The summed E-state index contributed by atoms with van der Waals surface area (Å²) in [4.78, 5) is 0. The third-order valence-electron chi connectivity index (χ3n) is 8.37. The van der Waals surface area contributed by atoms with Gasteiger partial charge >= 0.3 is 0 Å². The van der Waals surface area contributed by atoms with Gasteiger partial charge in [-0.25, -0.2) is 0 Å². The lowest BCUT2D eigenvalue weighted by molar-refractivity contribution is 0.392. The molecule has 0 bridgehead atoms. The van der Waals surface area contributed by atoms with E-state index in [2.05, 4.69) is 91.1 Å². The molecular formula is C32H41ClSi. The number of fused-ring (bicyclic) bond motifs is 6. The van der Waals surface area contributed by atoms with Crippen LogP contribution < -0.4 is 0 Å². The lowest BCUT2D eigenvalue weighted by Crippen LogP contribution is -2.28. The maximum absolute atomic E-state index is 6.77. The summed E-state index contributed by atoms with van der Waals surface area (Å²) in [6, 6.07) is 9.40. The average molecular weight is 489 g/mol. The topological polar surface area (TPSA) is 0 Å². The number of rotatable bonds is 1. The summed E-state index contributed by atoms with van der Waals surface area (Å²) >= 11 is 6.77. The number of benzene rings is 2. The monoisotopic (exact) mass is 488 g/mol. The normalized spacial score (nSPS) is 22.8. The molecule has 0 fully saturated rings. The minimum absolute atomic E-state index is 0.422. The Bertz CT molecular complexity index is 1230. The Balaban J connectivity index is 0.000000145. The van der Waals surface area contributed by atoms with Crippen LogP contribution in [0.1, 0.15) is 91.6 Å². The average Bonchev–Trinajstić information content (AvgIpc) is 3.39. The molecule has 2 heteroatoms. The summed E-state index contributed by atoms with van der Waals surface area (Å²) in [5, 5.41) is 0. The molecule has 2 aromatic rings. The van der Waals surface area contributed by atoms with Crippen molar-refractivity contribution in [2.75, 3.05) is 0 Å². The van der Waals surface area contributed by atoms with Gasteiger partial charge in [-0.15, -0.1) is 0 Å². The molecule has 0 saturated carbocycles. The molecule has 4 aliphatic rings. The van der Waals surface area contributed by atoms with Gasteiger partial charge in [-0.1, -0.05) is 88.4 Å². The molecule has 0 aliphatic heterocycles. The van der Waals surface area contributed by atoms with Gasteiger partial charge in [0.05, 0.1) is 0 Å². The van der Waals surface area contributed by atoms with Crippen molar-refractivity contribution in [3.05, 3.63) is 79.9 Å². The standard InChI is InChI=1S/C17H23ClSi.C15H18/c1-11-8-14-13(16(11)19(4,5)18)7-6-12-9-17(2,3)10-15(12)14;1-10-6-11-4-5-12-8-15(2,3)9-14(12)13(11)7-10/h6-8,16H,9-10H2,1-5H3;4-5,7H,6,8-9H2,1-3H3. The second-order valence-electron chi connectivity index (χ2n) is 13.6. The predicted octanol–water partition coefficient (Wildman–Crippen LogP) is 9.07. The second kappa shape index (κ2) is 7.97. The van der Waals surface area contributed by atoms with E-state index >= 15 is 0 Å². The van der Waals surface area contributed by atoms with Crippen LogP contribution in [0.2, 0.25) is 13.1 Å². The molecule has 1 atom stereocenters. The number of hydrogen-bond acceptors (Lipinski definition) is 0. The second-order valence-corrected chi connectivity index (χ2v) is 20.2. The third kappa shape index (κ3) is 4.28. The van der Waals surface area contributed by atoms with Crippen molar-refractivity contribution in [2.45, 2.75) is 92.3 Å². The summed E-state index contributed by atoms with van der Waals surface area (Å²) in [7, 11) is -1.70. The number of halogens is 1. The quantitative estimate of drug-likeness (QED) is 0.277. The first-order valence-corrected chi connectivity index (χ1v) is 17.2.